The van der Waals surface area contributed by atoms with Crippen LogP contribution in [0.4, 0.5) is 17.1 Å². The second-order valence-corrected chi connectivity index (χ2v) is 5.25. The highest BCUT2D eigenvalue weighted by Crippen LogP contribution is 2.36. The molecule has 100 valence electrons. The van der Waals surface area contributed by atoms with Crippen LogP contribution in [0.1, 0.15) is 19.8 Å². The second kappa shape index (κ2) is 6.57. The minimum atomic E-state index is 0.689. The zero-order valence-corrected chi connectivity index (χ0v) is 12.6. The van der Waals surface area contributed by atoms with Crippen LogP contribution in [0, 0.1) is 0 Å². The number of nitrogen functional groups attached to an aromatic ring is 1. The van der Waals surface area contributed by atoms with Crippen molar-refractivity contribution in [3.63, 3.8) is 0 Å². The van der Waals surface area contributed by atoms with Crippen LogP contribution in [-0.4, -0.2) is 11.5 Å². The van der Waals surface area contributed by atoms with Crippen molar-refractivity contribution in [3.8, 4) is 0 Å². The Morgan fingerprint density at radius 3 is 2.58 bits per heavy atom. The molecule has 0 aliphatic carbocycles. The molecule has 0 fully saturated rings. The molecule has 0 aliphatic rings. The van der Waals surface area contributed by atoms with Gasteiger partial charge in [-0.3, -0.25) is 4.98 Å². The molecular weight excluding hydrogens is 302 g/mol. The Labute approximate surface area is 122 Å². The average Bonchev–Trinajstić information content (AvgIpc) is 2.43. The number of hydrogen-bond donors (Lipinski definition) is 1. The number of pyridine rings is 1. The van der Waals surface area contributed by atoms with Crippen LogP contribution in [0.15, 0.2) is 47.2 Å². The van der Waals surface area contributed by atoms with Gasteiger partial charge in [-0.15, -0.1) is 0 Å². The van der Waals surface area contributed by atoms with E-state index in [0.29, 0.717) is 5.69 Å². The number of nitrogens with two attached hydrogens (primary N) is 1. The Bertz CT molecular complexity index is 508. The van der Waals surface area contributed by atoms with Gasteiger partial charge in [0.1, 0.15) is 0 Å². The molecule has 0 unspecified atom stereocenters. The Balaban J connectivity index is 2.43. The summed E-state index contributed by atoms with van der Waals surface area (Å²) in [5, 5.41) is 0. The van der Waals surface area contributed by atoms with Crippen LogP contribution in [0.5, 0.6) is 0 Å². The van der Waals surface area contributed by atoms with Gasteiger partial charge in [0.2, 0.25) is 0 Å². The molecule has 0 saturated heterocycles. The van der Waals surface area contributed by atoms with Crippen molar-refractivity contribution < 1.29 is 0 Å². The van der Waals surface area contributed by atoms with E-state index in [9.17, 15) is 0 Å². The van der Waals surface area contributed by atoms with Crippen LogP contribution in [0.2, 0.25) is 0 Å². The highest BCUT2D eigenvalue weighted by atomic mass is 79.9. The number of halogens is 1. The van der Waals surface area contributed by atoms with Gasteiger partial charge in [-0.1, -0.05) is 31.5 Å². The van der Waals surface area contributed by atoms with Crippen LogP contribution in [-0.2, 0) is 0 Å². The summed E-state index contributed by atoms with van der Waals surface area (Å²) in [5.74, 6) is 0. The molecule has 0 atom stereocenters. The molecule has 0 aliphatic heterocycles. The van der Waals surface area contributed by atoms with Crippen LogP contribution >= 0.6 is 15.9 Å². The first-order valence-corrected chi connectivity index (χ1v) is 7.25. The fourth-order valence-corrected chi connectivity index (χ4v) is 2.58. The third-order valence-corrected chi connectivity index (χ3v) is 3.55. The maximum absolute atomic E-state index is 6.10. The van der Waals surface area contributed by atoms with Crippen LogP contribution in [0.3, 0.4) is 0 Å². The summed E-state index contributed by atoms with van der Waals surface area (Å²) in [6.07, 6.45) is 5.74. The summed E-state index contributed by atoms with van der Waals surface area (Å²) >= 11 is 3.55. The lowest BCUT2D eigenvalue weighted by Crippen LogP contribution is -2.20. The Kier molecular flexibility index (Phi) is 4.80. The zero-order chi connectivity index (χ0) is 13.7. The third-order valence-electron chi connectivity index (χ3n) is 2.97. The minimum Gasteiger partial charge on any atom is -0.396 e. The highest BCUT2D eigenvalue weighted by molar-refractivity contribution is 9.10. The lowest BCUT2D eigenvalue weighted by Gasteiger charge is -2.27. The monoisotopic (exact) mass is 319 g/mol. The Morgan fingerprint density at radius 2 is 1.95 bits per heavy atom. The number of para-hydroxylation sites is 1. The van der Waals surface area contributed by atoms with E-state index in [2.05, 4.69) is 44.9 Å². The lowest BCUT2D eigenvalue weighted by atomic mass is 10.2. The van der Waals surface area contributed by atoms with Crippen molar-refractivity contribution in [2.45, 2.75) is 19.8 Å². The van der Waals surface area contributed by atoms with Gasteiger partial charge in [0.05, 0.1) is 22.0 Å². The van der Waals surface area contributed by atoms with E-state index in [1.807, 2.05) is 18.2 Å². The van der Waals surface area contributed by atoms with E-state index in [-0.39, 0.29) is 0 Å². The third kappa shape index (κ3) is 3.26. The molecule has 0 radical (unpaired) electrons. The minimum absolute atomic E-state index is 0.689. The van der Waals surface area contributed by atoms with E-state index in [1.54, 1.807) is 12.4 Å². The van der Waals surface area contributed by atoms with Gasteiger partial charge < -0.3 is 10.6 Å². The van der Waals surface area contributed by atoms with Gasteiger partial charge in [0.25, 0.3) is 0 Å². The van der Waals surface area contributed by atoms with Crippen molar-refractivity contribution in [3.05, 3.63) is 47.2 Å². The molecule has 3 nitrogen and oxygen atoms in total. The highest BCUT2D eigenvalue weighted by Gasteiger charge is 2.15. The largest absolute Gasteiger partial charge is 0.396 e. The molecule has 2 aromatic rings. The summed E-state index contributed by atoms with van der Waals surface area (Å²) in [6, 6.07) is 10.3. The second-order valence-electron chi connectivity index (χ2n) is 4.40. The molecule has 0 bridgehead atoms. The zero-order valence-electron chi connectivity index (χ0n) is 11.0. The van der Waals surface area contributed by atoms with Gasteiger partial charge in [-0.2, -0.15) is 0 Å². The van der Waals surface area contributed by atoms with E-state index >= 15 is 0 Å². The number of benzene rings is 1. The van der Waals surface area contributed by atoms with Crippen molar-refractivity contribution >= 4 is 33.0 Å². The molecule has 2 rings (SSSR count). The van der Waals surface area contributed by atoms with Crippen molar-refractivity contribution in [2.24, 2.45) is 0 Å². The first kappa shape index (κ1) is 13.9. The van der Waals surface area contributed by atoms with E-state index in [4.69, 9.17) is 5.73 Å². The SMILES string of the molecule is CCCCN(c1ccccc1)c1c(N)cncc1Br. The number of rotatable bonds is 5. The lowest BCUT2D eigenvalue weighted by molar-refractivity contribution is 0.785. The first-order chi connectivity index (χ1) is 9.24. The molecule has 0 saturated carbocycles. The molecule has 1 aromatic heterocycles. The predicted octanol–water partition coefficient (Wildman–Crippen LogP) is 4.36. The number of aromatic nitrogens is 1. The molecule has 0 amide bonds. The Morgan fingerprint density at radius 1 is 1.21 bits per heavy atom. The molecule has 2 N–H and O–H groups in total. The number of anilines is 3. The Hall–Kier alpha value is -1.55. The molecule has 1 aromatic carbocycles. The molecule has 1 heterocycles. The smallest absolute Gasteiger partial charge is 0.0820 e. The van der Waals surface area contributed by atoms with Crippen molar-refractivity contribution in [1.82, 2.24) is 4.98 Å². The molecule has 0 spiro atoms. The van der Waals surface area contributed by atoms with Gasteiger partial charge in [0, 0.05) is 18.4 Å². The maximum atomic E-state index is 6.10. The van der Waals surface area contributed by atoms with E-state index in [0.717, 1.165) is 35.2 Å². The summed E-state index contributed by atoms with van der Waals surface area (Å²) in [7, 11) is 0. The average molecular weight is 320 g/mol. The summed E-state index contributed by atoms with van der Waals surface area (Å²) in [6.45, 7) is 3.13. The maximum Gasteiger partial charge on any atom is 0.0820 e. The van der Waals surface area contributed by atoms with Crippen LogP contribution < -0.4 is 10.6 Å². The van der Waals surface area contributed by atoms with Crippen molar-refractivity contribution in [1.29, 1.82) is 0 Å². The van der Waals surface area contributed by atoms with Gasteiger partial charge >= 0.3 is 0 Å². The topological polar surface area (TPSA) is 42.1 Å². The summed E-state index contributed by atoms with van der Waals surface area (Å²) in [5.41, 5.74) is 8.93. The predicted molar refractivity (Wildman–Crippen MR) is 84.7 cm³/mol. The molecule has 19 heavy (non-hydrogen) atoms. The van der Waals surface area contributed by atoms with Gasteiger partial charge in [-0.05, 0) is 34.5 Å². The normalized spacial score (nSPS) is 10.4. The fraction of sp³-hybridized carbons (Fsp3) is 0.267. The summed E-state index contributed by atoms with van der Waals surface area (Å²) < 4.78 is 0.924. The fourth-order valence-electron chi connectivity index (χ4n) is 2.02. The number of unbranched alkanes of at least 4 members (excludes halogenated alkanes) is 1. The van der Waals surface area contributed by atoms with Gasteiger partial charge in [-0.25, -0.2) is 0 Å². The molecular formula is C15H18BrN3. The molecule has 4 heteroatoms. The standard InChI is InChI=1S/C15H18BrN3/c1-2-3-9-19(12-7-5-4-6-8-12)15-13(16)10-18-11-14(15)17/h4-8,10-11H,2-3,9,17H2,1H3. The quantitative estimate of drug-likeness (QED) is 0.890. The van der Waals surface area contributed by atoms with Crippen LogP contribution in [0.25, 0.3) is 0 Å². The number of hydrogen-bond acceptors (Lipinski definition) is 3. The van der Waals surface area contributed by atoms with E-state index in [1.165, 1.54) is 0 Å². The number of nitrogens with zero attached hydrogens (tertiary/aromatic N) is 2. The van der Waals surface area contributed by atoms with Gasteiger partial charge in [0.15, 0.2) is 0 Å². The first-order valence-electron chi connectivity index (χ1n) is 6.45. The van der Waals surface area contributed by atoms with E-state index < -0.39 is 0 Å². The van der Waals surface area contributed by atoms with Crippen molar-refractivity contribution in [2.75, 3.05) is 17.2 Å². The summed E-state index contributed by atoms with van der Waals surface area (Å²) in [4.78, 5) is 6.34.